The van der Waals surface area contributed by atoms with E-state index in [1.165, 1.54) is 11.4 Å². The Bertz CT molecular complexity index is 184. The Morgan fingerprint density at radius 3 is 3.00 bits per heavy atom. The molecule has 0 unspecified atom stereocenters. The first-order chi connectivity index (χ1) is 3.97. The van der Waals surface area contributed by atoms with Gasteiger partial charge in [0.25, 0.3) is 0 Å². The molecule has 0 amide bonds. The van der Waals surface area contributed by atoms with Gasteiger partial charge in [0.2, 0.25) is 0 Å². The Morgan fingerprint density at radius 1 is 1.62 bits per heavy atom. The molecule has 0 aromatic carbocycles. The van der Waals surface area contributed by atoms with Crippen molar-refractivity contribution in [3.05, 3.63) is 24.0 Å². The smallest absolute Gasteiger partial charge is 0.0825 e. The Morgan fingerprint density at radius 2 is 2.62 bits per heavy atom. The summed E-state index contributed by atoms with van der Waals surface area (Å²) < 4.78 is 0. The predicted molar refractivity (Wildman–Crippen MR) is 31.6 cm³/mol. The molecule has 1 aromatic heterocycles. The zero-order chi connectivity index (χ0) is 5.40. The van der Waals surface area contributed by atoms with Gasteiger partial charge in [0.05, 0.1) is 17.9 Å². The number of hydrogen-bond donors (Lipinski definition) is 1. The van der Waals surface area contributed by atoms with Gasteiger partial charge >= 0.3 is 0 Å². The van der Waals surface area contributed by atoms with Crippen molar-refractivity contribution >= 4 is 5.69 Å². The molecule has 40 valence electrons. The van der Waals surface area contributed by atoms with Crippen molar-refractivity contribution in [2.45, 2.75) is 6.54 Å². The summed E-state index contributed by atoms with van der Waals surface area (Å²) in [6, 6.07) is 3.97. The molecule has 2 nitrogen and oxygen atoms in total. The summed E-state index contributed by atoms with van der Waals surface area (Å²) in [5.74, 6) is 0. The molecule has 2 heterocycles. The van der Waals surface area contributed by atoms with Gasteiger partial charge in [0.1, 0.15) is 0 Å². The molecule has 1 aliphatic rings. The van der Waals surface area contributed by atoms with E-state index >= 15 is 0 Å². The summed E-state index contributed by atoms with van der Waals surface area (Å²) in [4.78, 5) is 4.10. The van der Waals surface area contributed by atoms with Crippen LogP contribution in [0.15, 0.2) is 18.3 Å². The number of rotatable bonds is 0. The van der Waals surface area contributed by atoms with Gasteiger partial charge < -0.3 is 5.32 Å². The molecule has 0 bridgehead atoms. The fourth-order valence-corrected chi connectivity index (χ4v) is 0.812. The standard InChI is InChI=1S/C6H6N2/c1-2-5-6(4-8-5)7-3-1/h1-3,8H,4H2. The molecule has 8 heavy (non-hydrogen) atoms. The topological polar surface area (TPSA) is 24.9 Å². The minimum Gasteiger partial charge on any atom is -0.378 e. The van der Waals surface area contributed by atoms with Gasteiger partial charge in [-0.25, -0.2) is 0 Å². The summed E-state index contributed by atoms with van der Waals surface area (Å²) in [5, 5.41) is 3.13. The molecule has 2 rings (SSSR count). The molecule has 0 radical (unpaired) electrons. The lowest BCUT2D eigenvalue weighted by molar-refractivity contribution is 0.963. The normalized spacial score (nSPS) is 13.5. The average Bonchev–Trinajstić information content (AvgIpc) is 1.72. The van der Waals surface area contributed by atoms with Crippen molar-refractivity contribution in [3.8, 4) is 0 Å². The minimum absolute atomic E-state index is 0.941. The number of fused-ring (bicyclic) bond motifs is 1. The monoisotopic (exact) mass is 106 g/mol. The Balaban J connectivity index is 2.62. The van der Waals surface area contributed by atoms with Crippen molar-refractivity contribution in [2.75, 3.05) is 5.32 Å². The average molecular weight is 106 g/mol. The van der Waals surface area contributed by atoms with Crippen molar-refractivity contribution in [1.82, 2.24) is 4.98 Å². The van der Waals surface area contributed by atoms with E-state index in [0.29, 0.717) is 0 Å². The van der Waals surface area contributed by atoms with Crippen LogP contribution >= 0.6 is 0 Å². The summed E-state index contributed by atoms with van der Waals surface area (Å²) in [7, 11) is 0. The van der Waals surface area contributed by atoms with E-state index in [1.54, 1.807) is 0 Å². The van der Waals surface area contributed by atoms with Crippen molar-refractivity contribution in [2.24, 2.45) is 0 Å². The van der Waals surface area contributed by atoms with Crippen molar-refractivity contribution in [1.29, 1.82) is 0 Å². The number of pyridine rings is 1. The van der Waals surface area contributed by atoms with E-state index in [9.17, 15) is 0 Å². The van der Waals surface area contributed by atoms with Gasteiger partial charge in [-0.1, -0.05) is 0 Å². The van der Waals surface area contributed by atoms with Gasteiger partial charge in [-0.05, 0) is 12.1 Å². The number of nitrogens with zero attached hydrogens (tertiary/aromatic N) is 1. The second-order valence-corrected chi connectivity index (χ2v) is 1.85. The highest BCUT2D eigenvalue weighted by atomic mass is 15.0. The second-order valence-electron chi connectivity index (χ2n) is 1.85. The Labute approximate surface area is 47.6 Å². The number of anilines is 1. The molecule has 2 heteroatoms. The largest absolute Gasteiger partial charge is 0.378 e. The molecule has 1 aliphatic heterocycles. The lowest BCUT2D eigenvalue weighted by Gasteiger charge is -2.18. The van der Waals surface area contributed by atoms with E-state index in [2.05, 4.69) is 10.3 Å². The lowest BCUT2D eigenvalue weighted by atomic mass is 10.2. The van der Waals surface area contributed by atoms with Gasteiger partial charge in [-0.15, -0.1) is 0 Å². The third kappa shape index (κ3) is 0.346. The first-order valence-electron chi connectivity index (χ1n) is 2.64. The Hall–Kier alpha value is -1.05. The maximum atomic E-state index is 4.10. The molecule has 1 N–H and O–H groups in total. The van der Waals surface area contributed by atoms with Crippen LogP contribution in [0.5, 0.6) is 0 Å². The van der Waals surface area contributed by atoms with Crippen LogP contribution in [0.25, 0.3) is 0 Å². The molecular weight excluding hydrogens is 100 g/mol. The molecule has 0 saturated carbocycles. The third-order valence-electron chi connectivity index (χ3n) is 1.34. The van der Waals surface area contributed by atoms with E-state index in [1.807, 2.05) is 18.3 Å². The van der Waals surface area contributed by atoms with Crippen LogP contribution in [0, 0.1) is 0 Å². The van der Waals surface area contributed by atoms with Crippen LogP contribution in [0.3, 0.4) is 0 Å². The van der Waals surface area contributed by atoms with Gasteiger partial charge in [0.15, 0.2) is 0 Å². The molecule has 0 spiro atoms. The van der Waals surface area contributed by atoms with Crippen molar-refractivity contribution in [3.63, 3.8) is 0 Å². The molecule has 1 aromatic rings. The van der Waals surface area contributed by atoms with Gasteiger partial charge in [-0.3, -0.25) is 4.98 Å². The zero-order valence-corrected chi connectivity index (χ0v) is 4.39. The van der Waals surface area contributed by atoms with E-state index in [0.717, 1.165) is 6.54 Å². The van der Waals surface area contributed by atoms with Crippen LogP contribution in [-0.4, -0.2) is 4.98 Å². The van der Waals surface area contributed by atoms with Gasteiger partial charge in [-0.2, -0.15) is 0 Å². The fourth-order valence-electron chi connectivity index (χ4n) is 0.812. The van der Waals surface area contributed by atoms with E-state index in [-0.39, 0.29) is 0 Å². The summed E-state index contributed by atoms with van der Waals surface area (Å²) in [6.07, 6.45) is 1.82. The van der Waals surface area contributed by atoms with Crippen LogP contribution in [0.2, 0.25) is 0 Å². The van der Waals surface area contributed by atoms with E-state index in [4.69, 9.17) is 0 Å². The number of aromatic nitrogens is 1. The van der Waals surface area contributed by atoms with Crippen LogP contribution in [0.4, 0.5) is 5.69 Å². The Kier molecular flexibility index (Phi) is 0.592. The minimum atomic E-state index is 0.941. The van der Waals surface area contributed by atoms with Crippen molar-refractivity contribution < 1.29 is 0 Å². The van der Waals surface area contributed by atoms with Crippen LogP contribution in [0.1, 0.15) is 5.69 Å². The number of hydrogen-bond acceptors (Lipinski definition) is 2. The molecule has 0 atom stereocenters. The third-order valence-corrected chi connectivity index (χ3v) is 1.34. The van der Waals surface area contributed by atoms with Gasteiger partial charge in [0, 0.05) is 6.20 Å². The quantitative estimate of drug-likeness (QED) is 0.533. The predicted octanol–water partition coefficient (Wildman–Crippen LogP) is 1.01. The first-order valence-corrected chi connectivity index (χ1v) is 2.64. The molecule has 0 aliphatic carbocycles. The molecule has 0 fully saturated rings. The van der Waals surface area contributed by atoms with Crippen LogP contribution in [-0.2, 0) is 6.54 Å². The number of nitrogens with one attached hydrogen (secondary N) is 1. The molecular formula is C6H6N2. The lowest BCUT2D eigenvalue weighted by Crippen LogP contribution is -2.14. The van der Waals surface area contributed by atoms with Crippen LogP contribution < -0.4 is 5.32 Å². The summed E-state index contributed by atoms with van der Waals surface area (Å²) in [6.45, 7) is 0.941. The zero-order valence-electron chi connectivity index (χ0n) is 4.39. The second kappa shape index (κ2) is 1.22. The maximum absolute atomic E-state index is 4.10. The highest BCUT2D eigenvalue weighted by Gasteiger charge is 2.09. The SMILES string of the molecule is c1cnc2c(c1)NC2. The highest BCUT2D eigenvalue weighted by Crippen LogP contribution is 2.20. The fraction of sp³-hybridized carbons (Fsp3) is 0.167. The summed E-state index contributed by atoms with van der Waals surface area (Å²) >= 11 is 0. The molecule has 0 saturated heterocycles. The van der Waals surface area contributed by atoms with E-state index < -0.39 is 0 Å². The first kappa shape index (κ1) is 3.89. The highest BCUT2D eigenvalue weighted by molar-refractivity contribution is 5.55. The maximum Gasteiger partial charge on any atom is 0.0825 e. The summed E-state index contributed by atoms with van der Waals surface area (Å²) in [5.41, 5.74) is 2.38.